The van der Waals surface area contributed by atoms with Crippen LogP contribution < -0.4 is 5.32 Å². The second kappa shape index (κ2) is 6.23. The molecule has 0 bridgehead atoms. The topological polar surface area (TPSA) is 64.1 Å². The van der Waals surface area contributed by atoms with Gasteiger partial charge in [-0.25, -0.2) is 9.97 Å². The first-order valence-corrected chi connectivity index (χ1v) is 7.09. The Balaban J connectivity index is 2.73. The van der Waals surface area contributed by atoms with E-state index < -0.39 is 5.60 Å². The Morgan fingerprint density at radius 1 is 1.32 bits per heavy atom. The largest absolute Gasteiger partial charge is 0.459 e. The first-order valence-electron chi connectivity index (χ1n) is 6.10. The fourth-order valence-electron chi connectivity index (χ4n) is 1.48. The number of thioether (sulfide) groups is 1. The highest BCUT2D eigenvalue weighted by molar-refractivity contribution is 7.99. The van der Waals surface area contributed by atoms with Gasteiger partial charge in [0.05, 0.1) is 5.75 Å². The number of rotatable bonds is 4. The van der Waals surface area contributed by atoms with Crippen LogP contribution in [-0.2, 0) is 9.53 Å². The molecule has 1 N–H and O–H groups in total. The number of nitrogens with zero attached hydrogens (tertiary/aromatic N) is 2. The third kappa shape index (κ3) is 5.06. The average molecular weight is 283 g/mol. The van der Waals surface area contributed by atoms with Gasteiger partial charge in [-0.2, -0.15) is 0 Å². The van der Waals surface area contributed by atoms with Crippen LogP contribution in [0, 0.1) is 13.8 Å². The molecule has 0 amide bonds. The van der Waals surface area contributed by atoms with Crippen LogP contribution in [0.15, 0.2) is 5.03 Å². The summed E-state index contributed by atoms with van der Waals surface area (Å²) in [7, 11) is 1.82. The standard InChI is InChI=1S/C13H21N3O2S/c1-8-11(14-6)15-9(2)16-12(8)19-7-10(17)18-13(3,4)5/h7H2,1-6H3,(H,14,15,16). The van der Waals surface area contributed by atoms with E-state index in [2.05, 4.69) is 15.3 Å². The minimum atomic E-state index is -0.454. The van der Waals surface area contributed by atoms with Crippen LogP contribution in [0.4, 0.5) is 5.82 Å². The Morgan fingerprint density at radius 2 is 1.95 bits per heavy atom. The highest BCUT2D eigenvalue weighted by Gasteiger charge is 2.17. The summed E-state index contributed by atoms with van der Waals surface area (Å²) in [6.45, 7) is 9.33. The Morgan fingerprint density at radius 3 is 2.47 bits per heavy atom. The van der Waals surface area contributed by atoms with Crippen LogP contribution >= 0.6 is 11.8 Å². The molecule has 1 rings (SSSR count). The number of esters is 1. The van der Waals surface area contributed by atoms with Crippen LogP contribution in [0.25, 0.3) is 0 Å². The number of aryl methyl sites for hydroxylation is 1. The van der Waals surface area contributed by atoms with Gasteiger partial charge in [-0.05, 0) is 34.6 Å². The SMILES string of the molecule is CNc1nc(C)nc(SCC(=O)OC(C)(C)C)c1C. The summed E-state index contributed by atoms with van der Waals surface area (Å²) in [4.78, 5) is 20.3. The zero-order valence-electron chi connectivity index (χ0n) is 12.3. The van der Waals surface area contributed by atoms with E-state index in [4.69, 9.17) is 4.74 Å². The Labute approximate surface area is 118 Å². The van der Waals surface area contributed by atoms with E-state index in [1.54, 1.807) is 0 Å². The van der Waals surface area contributed by atoms with Gasteiger partial charge in [0.25, 0.3) is 0 Å². The van der Waals surface area contributed by atoms with E-state index in [0.29, 0.717) is 5.82 Å². The zero-order valence-corrected chi connectivity index (χ0v) is 13.1. The Hall–Kier alpha value is -1.30. The molecule has 5 nitrogen and oxygen atoms in total. The second-order valence-corrected chi connectivity index (χ2v) is 6.14. The van der Waals surface area contributed by atoms with E-state index in [0.717, 1.165) is 16.4 Å². The Bertz CT molecular complexity index is 470. The number of nitrogens with one attached hydrogen (secondary N) is 1. The first kappa shape index (κ1) is 15.8. The molecule has 0 radical (unpaired) electrons. The van der Waals surface area contributed by atoms with Gasteiger partial charge in [-0.3, -0.25) is 4.79 Å². The fraction of sp³-hybridized carbons (Fsp3) is 0.615. The monoisotopic (exact) mass is 283 g/mol. The lowest BCUT2D eigenvalue weighted by Crippen LogP contribution is -2.25. The molecule has 6 heteroatoms. The van der Waals surface area contributed by atoms with E-state index in [1.165, 1.54) is 11.8 Å². The molecule has 0 aliphatic carbocycles. The summed E-state index contributed by atoms with van der Waals surface area (Å²) in [5, 5.41) is 3.83. The normalized spacial score (nSPS) is 11.3. The van der Waals surface area contributed by atoms with Gasteiger partial charge < -0.3 is 10.1 Å². The van der Waals surface area contributed by atoms with E-state index >= 15 is 0 Å². The van der Waals surface area contributed by atoms with Crippen LogP contribution in [0.1, 0.15) is 32.2 Å². The van der Waals surface area contributed by atoms with Crippen molar-refractivity contribution < 1.29 is 9.53 Å². The van der Waals surface area contributed by atoms with Crippen molar-refractivity contribution in [1.29, 1.82) is 0 Å². The van der Waals surface area contributed by atoms with Crippen molar-refractivity contribution in [1.82, 2.24) is 9.97 Å². The van der Waals surface area contributed by atoms with E-state index in [1.807, 2.05) is 41.7 Å². The van der Waals surface area contributed by atoms with Crippen LogP contribution in [0.5, 0.6) is 0 Å². The van der Waals surface area contributed by atoms with Crippen LogP contribution in [0.2, 0.25) is 0 Å². The molecule has 1 heterocycles. The minimum absolute atomic E-state index is 0.237. The van der Waals surface area contributed by atoms with Crippen molar-refractivity contribution in [2.75, 3.05) is 18.1 Å². The molecule has 1 aromatic rings. The van der Waals surface area contributed by atoms with Gasteiger partial charge in [0, 0.05) is 12.6 Å². The van der Waals surface area contributed by atoms with Crippen molar-refractivity contribution in [2.24, 2.45) is 0 Å². The molecule has 1 aromatic heterocycles. The van der Waals surface area contributed by atoms with Crippen LogP contribution in [0.3, 0.4) is 0 Å². The summed E-state index contributed by atoms with van der Waals surface area (Å²) in [5.41, 5.74) is 0.492. The molecule has 0 spiro atoms. The number of carbonyl (C=O) groups excluding carboxylic acids is 1. The maximum atomic E-state index is 11.7. The third-order valence-corrected chi connectivity index (χ3v) is 3.25. The molecule has 0 aliphatic heterocycles. The summed E-state index contributed by atoms with van der Waals surface area (Å²) >= 11 is 1.37. The number of anilines is 1. The van der Waals surface area contributed by atoms with E-state index in [-0.39, 0.29) is 11.7 Å². The highest BCUT2D eigenvalue weighted by atomic mass is 32.2. The molecule has 19 heavy (non-hydrogen) atoms. The summed E-state index contributed by atoms with van der Waals surface area (Å²) in [6.07, 6.45) is 0. The number of carbonyl (C=O) groups is 1. The first-order chi connectivity index (χ1) is 8.73. The highest BCUT2D eigenvalue weighted by Crippen LogP contribution is 2.25. The average Bonchev–Trinajstić information content (AvgIpc) is 2.27. The van der Waals surface area contributed by atoms with Gasteiger partial charge in [0.2, 0.25) is 0 Å². The Kier molecular flexibility index (Phi) is 5.17. The predicted molar refractivity (Wildman–Crippen MR) is 77.6 cm³/mol. The molecule has 0 saturated heterocycles. The molecular formula is C13H21N3O2S. The van der Waals surface area contributed by atoms with Crippen molar-refractivity contribution in [3.8, 4) is 0 Å². The second-order valence-electron chi connectivity index (χ2n) is 5.17. The number of ether oxygens (including phenoxy) is 1. The number of hydrogen-bond donors (Lipinski definition) is 1. The number of hydrogen-bond acceptors (Lipinski definition) is 6. The zero-order chi connectivity index (χ0) is 14.6. The maximum Gasteiger partial charge on any atom is 0.316 e. The lowest BCUT2D eigenvalue weighted by molar-refractivity contribution is -0.151. The molecule has 106 valence electrons. The van der Waals surface area contributed by atoms with Crippen molar-refractivity contribution >= 4 is 23.5 Å². The van der Waals surface area contributed by atoms with Crippen LogP contribution in [-0.4, -0.2) is 34.3 Å². The molecule has 0 aliphatic rings. The summed E-state index contributed by atoms with van der Waals surface area (Å²) < 4.78 is 5.27. The van der Waals surface area contributed by atoms with Crippen molar-refractivity contribution in [3.05, 3.63) is 11.4 Å². The molecule has 0 atom stereocenters. The molecular weight excluding hydrogens is 262 g/mol. The van der Waals surface area contributed by atoms with Gasteiger partial charge >= 0.3 is 5.97 Å². The minimum Gasteiger partial charge on any atom is -0.459 e. The summed E-state index contributed by atoms with van der Waals surface area (Å²) in [6, 6.07) is 0. The molecule has 0 saturated carbocycles. The lowest BCUT2D eigenvalue weighted by atomic mass is 10.2. The van der Waals surface area contributed by atoms with Gasteiger partial charge in [0.15, 0.2) is 0 Å². The van der Waals surface area contributed by atoms with E-state index in [9.17, 15) is 4.79 Å². The maximum absolute atomic E-state index is 11.7. The molecule has 0 unspecified atom stereocenters. The quantitative estimate of drug-likeness (QED) is 0.520. The van der Waals surface area contributed by atoms with Gasteiger partial charge in [0.1, 0.15) is 22.3 Å². The van der Waals surface area contributed by atoms with Crippen molar-refractivity contribution in [2.45, 2.75) is 45.2 Å². The van der Waals surface area contributed by atoms with Gasteiger partial charge in [-0.15, -0.1) is 0 Å². The third-order valence-electron chi connectivity index (χ3n) is 2.20. The van der Waals surface area contributed by atoms with Gasteiger partial charge in [-0.1, -0.05) is 11.8 Å². The molecule has 0 aromatic carbocycles. The lowest BCUT2D eigenvalue weighted by Gasteiger charge is -2.19. The molecule has 0 fully saturated rings. The number of aromatic nitrogens is 2. The predicted octanol–water partition coefficient (Wildman–Crippen LogP) is 2.57. The fourth-order valence-corrected chi connectivity index (χ4v) is 2.31. The summed E-state index contributed by atoms with van der Waals surface area (Å²) in [5.74, 6) is 1.48. The smallest absolute Gasteiger partial charge is 0.316 e. The van der Waals surface area contributed by atoms with Crippen molar-refractivity contribution in [3.63, 3.8) is 0 Å².